The summed E-state index contributed by atoms with van der Waals surface area (Å²) < 4.78 is 45.5. The summed E-state index contributed by atoms with van der Waals surface area (Å²) in [4.78, 5) is 23.6. The number of pyridine rings is 1. The maximum atomic E-state index is 13.6. The van der Waals surface area contributed by atoms with Crippen molar-refractivity contribution >= 4 is 17.6 Å². The van der Waals surface area contributed by atoms with Crippen LogP contribution in [0.5, 0.6) is 0 Å². The normalized spacial score (nSPS) is 14.0. The molecule has 7 nitrogen and oxygen atoms in total. The van der Waals surface area contributed by atoms with Gasteiger partial charge >= 0.3 is 12.1 Å². The van der Waals surface area contributed by atoms with E-state index in [2.05, 4.69) is 42.2 Å². The number of nitrogens with one attached hydrogen (secondary N) is 2. The fourth-order valence-corrected chi connectivity index (χ4v) is 3.91. The van der Waals surface area contributed by atoms with E-state index in [4.69, 9.17) is 0 Å². The monoisotopic (exact) mass is 495 g/mol. The maximum Gasteiger partial charge on any atom is 0.420 e. The third kappa shape index (κ3) is 6.37. The Hall–Kier alpha value is -3.97. The average Bonchev–Trinajstić information content (AvgIpc) is 2.88. The van der Waals surface area contributed by atoms with Crippen LogP contribution >= 0.6 is 0 Å². The summed E-state index contributed by atoms with van der Waals surface area (Å²) in [6.45, 7) is 1.97. The second kappa shape index (κ2) is 11.2. The van der Waals surface area contributed by atoms with Gasteiger partial charge in [-0.25, -0.2) is 15.0 Å². The molecule has 0 bridgehead atoms. The number of methoxy groups -OCH3 is 1. The number of rotatable bonds is 5. The van der Waals surface area contributed by atoms with Gasteiger partial charge in [-0.2, -0.15) is 13.2 Å². The summed E-state index contributed by atoms with van der Waals surface area (Å²) in [5.41, 5.74) is 0.911. The van der Waals surface area contributed by atoms with Gasteiger partial charge in [-0.1, -0.05) is 18.2 Å². The first-order chi connectivity index (χ1) is 17.3. The third-order valence-electron chi connectivity index (χ3n) is 5.82. The summed E-state index contributed by atoms with van der Waals surface area (Å²) >= 11 is 0. The molecule has 2 aromatic heterocycles. The van der Waals surface area contributed by atoms with Gasteiger partial charge in [0.2, 0.25) is 5.95 Å². The first kappa shape index (κ1) is 25.1. The molecule has 3 aromatic rings. The lowest BCUT2D eigenvalue weighted by molar-refractivity contribution is -0.140. The van der Waals surface area contributed by atoms with E-state index in [0.29, 0.717) is 23.4 Å². The number of aromatic nitrogens is 3. The predicted molar refractivity (Wildman–Crippen MR) is 128 cm³/mol. The van der Waals surface area contributed by atoms with Crippen LogP contribution in [0, 0.1) is 11.8 Å². The van der Waals surface area contributed by atoms with Gasteiger partial charge in [0, 0.05) is 18.1 Å². The van der Waals surface area contributed by atoms with E-state index in [1.807, 2.05) is 24.3 Å². The van der Waals surface area contributed by atoms with Crippen LogP contribution in [0.2, 0.25) is 0 Å². The van der Waals surface area contributed by atoms with Gasteiger partial charge < -0.3 is 15.4 Å². The van der Waals surface area contributed by atoms with E-state index in [-0.39, 0.29) is 18.1 Å². The molecule has 1 aliphatic rings. The molecule has 0 amide bonds. The van der Waals surface area contributed by atoms with E-state index in [0.717, 1.165) is 25.9 Å². The number of carbonyl (C=O) groups excluding carboxylic acids is 1. The van der Waals surface area contributed by atoms with Gasteiger partial charge in [0.1, 0.15) is 17.0 Å². The van der Waals surface area contributed by atoms with Crippen LogP contribution in [0.25, 0.3) is 0 Å². The van der Waals surface area contributed by atoms with E-state index < -0.39 is 23.4 Å². The molecule has 0 spiro atoms. The first-order valence-electron chi connectivity index (χ1n) is 11.4. The molecule has 0 unspecified atom stereocenters. The SMILES string of the molecule is COC(=O)Cc1cccnc1C#Cc1nc(Nc2ccc(C3CCNCC3)cc2)ncc1C(F)(F)F. The molecule has 0 saturated carbocycles. The lowest BCUT2D eigenvalue weighted by atomic mass is 9.90. The van der Waals surface area contributed by atoms with Crippen molar-refractivity contribution in [2.24, 2.45) is 0 Å². The highest BCUT2D eigenvalue weighted by Gasteiger charge is 2.34. The molecular weight excluding hydrogens is 471 g/mol. The van der Waals surface area contributed by atoms with Gasteiger partial charge in [-0.05, 0) is 73.0 Å². The predicted octanol–water partition coefficient (Wildman–Crippen LogP) is 4.22. The molecule has 1 fully saturated rings. The zero-order valence-electron chi connectivity index (χ0n) is 19.5. The molecule has 1 saturated heterocycles. The molecule has 0 aliphatic carbocycles. The quantitative estimate of drug-likeness (QED) is 0.405. The number of carbonyl (C=O) groups is 1. The minimum atomic E-state index is -4.70. The topological polar surface area (TPSA) is 89.0 Å². The summed E-state index contributed by atoms with van der Waals surface area (Å²) in [5.74, 6) is 5.04. The highest BCUT2D eigenvalue weighted by molar-refractivity contribution is 5.73. The lowest BCUT2D eigenvalue weighted by Crippen LogP contribution is -2.26. The van der Waals surface area contributed by atoms with Crippen molar-refractivity contribution in [1.29, 1.82) is 0 Å². The van der Waals surface area contributed by atoms with E-state index >= 15 is 0 Å². The molecule has 36 heavy (non-hydrogen) atoms. The van der Waals surface area contributed by atoms with Crippen LogP contribution in [0.4, 0.5) is 24.8 Å². The van der Waals surface area contributed by atoms with E-state index in [9.17, 15) is 18.0 Å². The standard InChI is InChI=1S/C26H24F3N5O2/c1-36-24(35)15-19-3-2-12-31-22(19)8-9-23-21(26(27,28)29)16-32-25(34-23)33-20-6-4-17(5-7-20)18-10-13-30-14-11-18/h2-7,12,16,18,30H,10-11,13-15H2,1H3,(H,32,33,34). The highest BCUT2D eigenvalue weighted by atomic mass is 19.4. The van der Waals surface area contributed by atoms with Gasteiger partial charge in [0.25, 0.3) is 0 Å². The number of nitrogens with zero attached hydrogens (tertiary/aromatic N) is 3. The average molecular weight is 496 g/mol. The Morgan fingerprint density at radius 2 is 1.83 bits per heavy atom. The number of hydrogen-bond donors (Lipinski definition) is 2. The second-order valence-electron chi connectivity index (χ2n) is 8.24. The fraction of sp³-hybridized carbons (Fsp3) is 0.308. The van der Waals surface area contributed by atoms with Crippen molar-refractivity contribution in [3.63, 3.8) is 0 Å². The molecule has 0 radical (unpaired) electrons. The fourth-order valence-electron chi connectivity index (χ4n) is 3.91. The lowest BCUT2D eigenvalue weighted by Gasteiger charge is -2.23. The van der Waals surface area contributed by atoms with Crippen molar-refractivity contribution in [1.82, 2.24) is 20.3 Å². The number of alkyl halides is 3. The Morgan fingerprint density at radius 3 is 2.53 bits per heavy atom. The van der Waals surface area contributed by atoms with Crippen LogP contribution in [-0.2, 0) is 22.1 Å². The minimum Gasteiger partial charge on any atom is -0.469 e. The number of halogens is 3. The molecule has 2 N–H and O–H groups in total. The van der Waals surface area contributed by atoms with E-state index in [1.165, 1.54) is 18.9 Å². The number of hydrogen-bond acceptors (Lipinski definition) is 7. The number of piperidine rings is 1. The summed E-state index contributed by atoms with van der Waals surface area (Å²) in [7, 11) is 1.25. The van der Waals surface area contributed by atoms with Gasteiger partial charge in [0.15, 0.2) is 0 Å². The molecule has 10 heteroatoms. The Morgan fingerprint density at radius 1 is 1.11 bits per heavy atom. The molecule has 186 valence electrons. The van der Waals surface area contributed by atoms with Crippen molar-refractivity contribution in [3.8, 4) is 11.8 Å². The Labute approximate surface area is 206 Å². The third-order valence-corrected chi connectivity index (χ3v) is 5.82. The number of ether oxygens (including phenoxy) is 1. The Bertz CT molecular complexity index is 1280. The van der Waals surface area contributed by atoms with Crippen LogP contribution in [0.1, 0.15) is 46.8 Å². The van der Waals surface area contributed by atoms with E-state index in [1.54, 1.807) is 12.1 Å². The molecule has 0 atom stereocenters. The molecule has 1 aromatic carbocycles. The second-order valence-corrected chi connectivity index (χ2v) is 8.24. The maximum absolute atomic E-state index is 13.6. The largest absolute Gasteiger partial charge is 0.469 e. The molecule has 4 rings (SSSR count). The van der Waals surface area contributed by atoms with Crippen LogP contribution < -0.4 is 10.6 Å². The molecular formula is C26H24F3N5O2. The number of benzene rings is 1. The van der Waals surface area contributed by atoms with Crippen LogP contribution in [-0.4, -0.2) is 41.1 Å². The van der Waals surface area contributed by atoms with Crippen molar-refractivity contribution in [3.05, 3.63) is 76.9 Å². The highest BCUT2D eigenvalue weighted by Crippen LogP contribution is 2.31. The smallest absolute Gasteiger partial charge is 0.420 e. The van der Waals surface area contributed by atoms with Gasteiger partial charge in [0.05, 0.1) is 13.5 Å². The van der Waals surface area contributed by atoms with Crippen LogP contribution in [0.15, 0.2) is 48.8 Å². The molecule has 1 aliphatic heterocycles. The zero-order valence-corrected chi connectivity index (χ0v) is 19.5. The minimum absolute atomic E-state index is 0.0160. The van der Waals surface area contributed by atoms with Gasteiger partial charge in [-0.3, -0.25) is 4.79 Å². The van der Waals surface area contributed by atoms with Crippen molar-refractivity contribution < 1.29 is 22.7 Å². The Kier molecular flexibility index (Phi) is 7.80. The van der Waals surface area contributed by atoms with Crippen LogP contribution in [0.3, 0.4) is 0 Å². The van der Waals surface area contributed by atoms with Crippen molar-refractivity contribution in [2.45, 2.75) is 31.4 Å². The van der Waals surface area contributed by atoms with Gasteiger partial charge in [-0.15, -0.1) is 0 Å². The van der Waals surface area contributed by atoms with Crippen molar-refractivity contribution in [2.75, 3.05) is 25.5 Å². The summed E-state index contributed by atoms with van der Waals surface area (Å²) in [5, 5.41) is 6.29. The molecule has 3 heterocycles. The summed E-state index contributed by atoms with van der Waals surface area (Å²) in [6.07, 6.45) is -0.530. The first-order valence-corrected chi connectivity index (χ1v) is 11.4. The number of esters is 1. The Balaban J connectivity index is 1.59. The number of anilines is 2. The summed E-state index contributed by atoms with van der Waals surface area (Å²) in [6, 6.07) is 10.9. The zero-order chi connectivity index (χ0) is 25.5.